The molecule has 0 saturated carbocycles. The first-order valence-electron chi connectivity index (χ1n) is 3.70. The Balaban J connectivity index is -0.00000000582. The average Bonchev–Trinajstić information content (AvgIpc) is 2.75. The maximum Gasteiger partial charge on any atom is 0.0832 e. The summed E-state index contributed by atoms with van der Waals surface area (Å²) in [6.07, 6.45) is 0. The minimum absolute atomic E-state index is 0. The van der Waals surface area contributed by atoms with E-state index in [4.69, 9.17) is 0 Å². The van der Waals surface area contributed by atoms with Crippen LogP contribution >= 0.6 is 285 Å². The molecule has 48 heavy (non-hydrogen) atoms. The van der Waals surface area contributed by atoms with Gasteiger partial charge in [-0.1, -0.05) is 0 Å². The van der Waals surface area contributed by atoms with Gasteiger partial charge in [0.2, 0.25) is 0 Å². The molecule has 0 N–H and O–H groups in total. The van der Waals surface area contributed by atoms with Crippen molar-refractivity contribution in [2.24, 2.45) is 0 Å². The van der Waals surface area contributed by atoms with Crippen LogP contribution in [0.2, 0.25) is 0 Å². The van der Waals surface area contributed by atoms with Gasteiger partial charge in [-0.2, -0.15) is 46.1 Å². The molecule has 48 heteroatoms. The second-order valence-corrected chi connectivity index (χ2v) is 6.30. The predicted octanol–water partition coefficient (Wildman–Crippen LogP) is 15.7. The third-order valence-electron chi connectivity index (χ3n) is 0. The number of hydrogen-bond acceptors (Lipinski definition) is 12. The Morgan fingerprint density at radius 2 is 0.104 bits per heavy atom. The van der Waals surface area contributed by atoms with E-state index in [0.717, 1.165) is 0 Å². The van der Waals surface area contributed by atoms with Crippen molar-refractivity contribution in [2.75, 3.05) is 0 Å². The van der Waals surface area contributed by atoms with Crippen LogP contribution in [0.4, 0.5) is 0 Å². The quantitative estimate of drug-likeness (QED) is 0.230. The van der Waals surface area contributed by atoms with Crippen LogP contribution in [-0.4, -0.2) is 0 Å². The predicted molar refractivity (Wildman–Crippen MR) is 153 cm³/mol. The van der Waals surface area contributed by atoms with Gasteiger partial charge in [0, 0.05) is 314 Å². The first-order chi connectivity index (χ1) is 17.0. The third kappa shape index (κ3) is 833. The van der Waals surface area contributed by atoms with Crippen molar-refractivity contribution < 1.29 is 361 Å². The Morgan fingerprint density at radius 1 is 0.104 bits per heavy atom. The van der Waals surface area contributed by atoms with Crippen LogP contribution in [0.5, 0.6) is 0 Å². The molecule has 0 aliphatic heterocycles. The summed E-state index contributed by atoms with van der Waals surface area (Å²) in [5.74, 6) is 0. The van der Waals surface area contributed by atoms with Crippen LogP contribution in [0.3, 0.4) is 0 Å². The van der Waals surface area contributed by atoms with Gasteiger partial charge in [-0.05, 0) is 0 Å². The summed E-state index contributed by atoms with van der Waals surface area (Å²) in [5, 5.41) is 0. The van der Waals surface area contributed by atoms with Crippen molar-refractivity contribution in [1.29, 1.82) is 0 Å². The van der Waals surface area contributed by atoms with E-state index in [0.29, 0.717) is 0 Å². The van der Waals surface area contributed by atoms with Gasteiger partial charge in [0.05, 0.1) is 285 Å². The second-order valence-electron chi connectivity index (χ2n) is 0.700. The van der Waals surface area contributed by atoms with Crippen LogP contribution in [0.1, 0.15) is 0 Å². The molecule has 0 radical (unpaired) electrons. The molecule has 0 rings (SSSR count). The van der Waals surface area contributed by atoms with Crippen LogP contribution < -0.4 is 0 Å². The van der Waals surface area contributed by atoms with Crippen molar-refractivity contribution in [3.05, 3.63) is 0 Å². The van der Waals surface area contributed by atoms with Gasteiger partial charge in [-0.3, -0.25) is 0 Å². The smallest absolute Gasteiger partial charge is 0.0832 e. The monoisotopic (exact) mass is 2110 g/mol. The van der Waals surface area contributed by atoms with Crippen LogP contribution in [0.15, 0.2) is 0 Å². The first-order valence-corrected chi connectivity index (χ1v) is 11.1. The normalized spacial score (nSPS) is 4.50. The average molecular weight is 2140 g/mol. The van der Waals surface area contributed by atoms with Gasteiger partial charge in [0.1, 0.15) is 0 Å². The SMILES string of the molecule is ClOCl.ClOCl.ClOCl.ClOCl.ClOCl.ClOCl.ClOCl.ClOCl.ClOCl.ClOCl.ClOCl.ClOCl.[Zr].[Zr].[Zr].[Zr].[Zr].[Zr].[Zr].[Zr].[Zr].[Zr].[Zr].[Zr]. The molecule has 0 atom stereocenters. The largest absolute Gasteiger partial charge is 0.166 e. The maximum absolute atomic E-state index is 4.26. The van der Waals surface area contributed by atoms with Gasteiger partial charge in [0.15, 0.2) is 0 Å². The van der Waals surface area contributed by atoms with E-state index in [1.54, 1.807) is 0 Å². The zero-order chi connectivity index (χ0) is 32.5. The summed E-state index contributed by atoms with van der Waals surface area (Å²) in [6.45, 7) is 0. The van der Waals surface area contributed by atoms with E-state index in [1.165, 1.54) is 0 Å². The molecule has 0 saturated heterocycles. The Labute approximate surface area is 629 Å². The third-order valence-corrected chi connectivity index (χ3v) is 0. The van der Waals surface area contributed by atoms with Gasteiger partial charge < -0.3 is 0 Å². The zero-order valence-corrected chi connectivity index (χ0v) is 67.6. The summed E-state index contributed by atoms with van der Waals surface area (Å²) in [5.41, 5.74) is 0. The molecular weight excluding hydrogens is 2140 g/mol. The van der Waals surface area contributed by atoms with E-state index in [-0.39, 0.29) is 314 Å². The molecule has 0 aromatic rings. The van der Waals surface area contributed by atoms with E-state index in [2.05, 4.69) is 331 Å². The molecule has 288 valence electrons. The Hall–Kier alpha value is 17.1. The van der Waals surface area contributed by atoms with Crippen molar-refractivity contribution in [2.45, 2.75) is 0 Å². The van der Waals surface area contributed by atoms with E-state index >= 15 is 0 Å². The molecule has 0 heterocycles. The fourth-order valence-electron chi connectivity index (χ4n) is 0. The Morgan fingerprint density at radius 3 is 0.104 bits per heavy atom. The van der Waals surface area contributed by atoms with E-state index in [9.17, 15) is 0 Å². The fraction of sp³-hybridized carbons (Fsp3) is 0. The molecule has 0 aromatic heterocycles. The maximum atomic E-state index is 4.26. The molecule has 0 aliphatic carbocycles. The molecule has 0 amide bonds. The fourth-order valence-corrected chi connectivity index (χ4v) is 0. The van der Waals surface area contributed by atoms with Crippen molar-refractivity contribution in [3.63, 3.8) is 0 Å². The molecular formula is Cl24O12Zr12. The molecule has 0 fully saturated rings. The summed E-state index contributed by atoms with van der Waals surface area (Å²) < 4.78 is 38.3. The van der Waals surface area contributed by atoms with Crippen LogP contribution in [-0.2, 0) is 361 Å². The summed E-state index contributed by atoms with van der Waals surface area (Å²) in [7, 11) is 0. The Bertz CT molecular complexity index is 115. The van der Waals surface area contributed by atoms with E-state index in [1.807, 2.05) is 0 Å². The standard InChI is InChI=1S/12Cl2O.12Zr/c12*1-3-2;;;;;;;;;;;;. The van der Waals surface area contributed by atoms with Crippen LogP contribution in [0, 0.1) is 0 Å². The number of rotatable bonds is 0. The molecule has 0 bridgehead atoms. The van der Waals surface area contributed by atoms with Gasteiger partial charge in [0.25, 0.3) is 0 Å². The molecule has 0 spiro atoms. The van der Waals surface area contributed by atoms with Crippen LogP contribution in [0.25, 0.3) is 0 Å². The van der Waals surface area contributed by atoms with Crippen molar-refractivity contribution in [1.82, 2.24) is 0 Å². The topological polar surface area (TPSA) is 111 Å². The molecule has 0 aromatic carbocycles. The van der Waals surface area contributed by atoms with Crippen molar-refractivity contribution >= 4 is 285 Å². The molecule has 12 nitrogen and oxygen atoms in total. The Kier molecular flexibility index (Phi) is 995. The first kappa shape index (κ1) is 158. The molecule has 0 aliphatic rings. The second kappa shape index (κ2) is 302. The number of halogens is 24. The van der Waals surface area contributed by atoms with Gasteiger partial charge in [-0.25, -0.2) is 0 Å². The van der Waals surface area contributed by atoms with Gasteiger partial charge in [-0.15, -0.1) is 0 Å². The summed E-state index contributed by atoms with van der Waals surface area (Å²) in [4.78, 5) is 0. The summed E-state index contributed by atoms with van der Waals surface area (Å²) >= 11 is 102. The van der Waals surface area contributed by atoms with Crippen molar-refractivity contribution in [3.8, 4) is 0 Å². The minimum atomic E-state index is 0. The zero-order valence-electron chi connectivity index (χ0n) is 20.0. The number of hydrogen-bond donors (Lipinski definition) is 0. The molecule has 0 unspecified atom stereocenters. The summed E-state index contributed by atoms with van der Waals surface area (Å²) in [6, 6.07) is 0. The minimum Gasteiger partial charge on any atom is -0.166 e. The van der Waals surface area contributed by atoms with Gasteiger partial charge >= 0.3 is 0 Å². The van der Waals surface area contributed by atoms with E-state index < -0.39 is 0 Å².